The van der Waals surface area contributed by atoms with Gasteiger partial charge in [0.05, 0.1) is 0 Å². The van der Waals surface area contributed by atoms with Gasteiger partial charge < -0.3 is 15.3 Å². The summed E-state index contributed by atoms with van der Waals surface area (Å²) in [6.07, 6.45) is 2.20. The lowest BCUT2D eigenvalue weighted by Gasteiger charge is -2.30. The van der Waals surface area contributed by atoms with E-state index < -0.39 is 0 Å². The highest BCUT2D eigenvalue weighted by molar-refractivity contribution is 5.54. The maximum Gasteiger partial charge on any atom is 0.122 e. The van der Waals surface area contributed by atoms with Crippen LogP contribution in [0.1, 0.15) is 59.1 Å². The van der Waals surface area contributed by atoms with Gasteiger partial charge in [0, 0.05) is 35.9 Å². The first kappa shape index (κ1) is 16.8. The molecule has 3 nitrogen and oxygen atoms in total. The van der Waals surface area contributed by atoms with Crippen molar-refractivity contribution in [3.05, 3.63) is 23.8 Å². The van der Waals surface area contributed by atoms with E-state index >= 15 is 0 Å². The van der Waals surface area contributed by atoms with Crippen molar-refractivity contribution < 1.29 is 5.11 Å². The molecule has 1 aromatic carbocycles. The summed E-state index contributed by atoms with van der Waals surface area (Å²) in [4.78, 5) is 2.33. The summed E-state index contributed by atoms with van der Waals surface area (Å²) in [7, 11) is 0. The van der Waals surface area contributed by atoms with E-state index in [2.05, 4.69) is 50.9 Å². The first-order valence-electron chi connectivity index (χ1n) is 7.87. The Morgan fingerprint density at radius 3 is 2.40 bits per heavy atom. The number of nitrogens with zero attached hydrogens (tertiary/aromatic N) is 1. The molecule has 0 fully saturated rings. The van der Waals surface area contributed by atoms with E-state index in [9.17, 15) is 5.11 Å². The monoisotopic (exact) mass is 278 g/mol. The van der Waals surface area contributed by atoms with E-state index in [0.29, 0.717) is 11.8 Å². The fourth-order valence-electron chi connectivity index (χ4n) is 2.52. The standard InChI is InChI=1S/C17H30N2O/c1-6-11-18-14(5)16-10-9-15(12-17(16)20)19(8-3)13(4)7-2/h9-10,12-14,18,20H,6-8,11H2,1-5H3. The van der Waals surface area contributed by atoms with Gasteiger partial charge in [-0.2, -0.15) is 0 Å². The molecule has 0 aliphatic carbocycles. The lowest BCUT2D eigenvalue weighted by Crippen LogP contribution is -2.32. The van der Waals surface area contributed by atoms with Gasteiger partial charge in [0.25, 0.3) is 0 Å². The molecule has 1 aromatic rings. The molecule has 1 rings (SSSR count). The predicted octanol–water partition coefficient (Wildman–Crippen LogP) is 4.08. The van der Waals surface area contributed by atoms with Crippen molar-refractivity contribution in [1.82, 2.24) is 5.32 Å². The quantitative estimate of drug-likeness (QED) is 0.752. The number of nitrogens with one attached hydrogen (secondary N) is 1. The Bertz CT molecular complexity index is 406. The van der Waals surface area contributed by atoms with Crippen LogP contribution in [0.25, 0.3) is 0 Å². The molecule has 3 heteroatoms. The Balaban J connectivity index is 2.91. The van der Waals surface area contributed by atoms with Crippen LogP contribution in [0.15, 0.2) is 18.2 Å². The summed E-state index contributed by atoms with van der Waals surface area (Å²) in [5.74, 6) is 0.389. The molecule has 0 bridgehead atoms. The fraction of sp³-hybridized carbons (Fsp3) is 0.647. The molecule has 0 saturated carbocycles. The third kappa shape index (κ3) is 4.14. The Morgan fingerprint density at radius 1 is 1.20 bits per heavy atom. The molecular weight excluding hydrogens is 248 g/mol. The highest BCUT2D eigenvalue weighted by Gasteiger charge is 2.15. The average molecular weight is 278 g/mol. The summed E-state index contributed by atoms with van der Waals surface area (Å²) in [6.45, 7) is 12.7. The predicted molar refractivity (Wildman–Crippen MR) is 87.6 cm³/mol. The molecule has 2 N–H and O–H groups in total. The number of rotatable bonds is 8. The zero-order valence-corrected chi connectivity index (χ0v) is 13.6. The number of hydrogen-bond acceptors (Lipinski definition) is 3. The summed E-state index contributed by atoms with van der Waals surface area (Å²) in [5, 5.41) is 13.7. The van der Waals surface area contributed by atoms with Gasteiger partial charge in [-0.25, -0.2) is 0 Å². The van der Waals surface area contributed by atoms with E-state index in [-0.39, 0.29) is 6.04 Å². The van der Waals surface area contributed by atoms with Crippen LogP contribution >= 0.6 is 0 Å². The minimum Gasteiger partial charge on any atom is -0.508 e. The average Bonchev–Trinajstić information content (AvgIpc) is 2.45. The summed E-state index contributed by atoms with van der Waals surface area (Å²) in [5.41, 5.74) is 2.08. The van der Waals surface area contributed by atoms with Crippen LogP contribution in [0.2, 0.25) is 0 Å². The van der Waals surface area contributed by atoms with Crippen molar-refractivity contribution >= 4 is 5.69 Å². The van der Waals surface area contributed by atoms with Crippen LogP contribution in [0.4, 0.5) is 5.69 Å². The minimum absolute atomic E-state index is 0.183. The maximum absolute atomic E-state index is 10.3. The van der Waals surface area contributed by atoms with Crippen LogP contribution < -0.4 is 10.2 Å². The molecule has 0 heterocycles. The molecule has 0 saturated heterocycles. The zero-order chi connectivity index (χ0) is 15.1. The van der Waals surface area contributed by atoms with Gasteiger partial charge in [-0.3, -0.25) is 0 Å². The third-order valence-corrected chi connectivity index (χ3v) is 3.98. The lowest BCUT2D eigenvalue weighted by atomic mass is 10.1. The normalized spacial score (nSPS) is 14.1. The van der Waals surface area contributed by atoms with Gasteiger partial charge in [0.2, 0.25) is 0 Å². The smallest absolute Gasteiger partial charge is 0.122 e. The topological polar surface area (TPSA) is 35.5 Å². The molecule has 0 aliphatic heterocycles. The number of anilines is 1. The van der Waals surface area contributed by atoms with E-state index in [1.165, 1.54) is 0 Å². The number of aromatic hydroxyl groups is 1. The molecule has 0 radical (unpaired) electrons. The van der Waals surface area contributed by atoms with E-state index in [4.69, 9.17) is 0 Å². The Labute approximate surface area is 124 Å². The molecule has 20 heavy (non-hydrogen) atoms. The number of benzene rings is 1. The fourth-order valence-corrected chi connectivity index (χ4v) is 2.52. The van der Waals surface area contributed by atoms with Crippen molar-refractivity contribution in [2.45, 2.75) is 59.5 Å². The summed E-state index contributed by atoms with van der Waals surface area (Å²) in [6, 6.07) is 6.73. The van der Waals surface area contributed by atoms with Gasteiger partial charge in [0.1, 0.15) is 5.75 Å². The zero-order valence-electron chi connectivity index (χ0n) is 13.6. The van der Waals surface area contributed by atoms with Gasteiger partial charge in [-0.1, -0.05) is 19.9 Å². The molecule has 2 unspecified atom stereocenters. The molecule has 0 aliphatic rings. The van der Waals surface area contributed by atoms with Crippen molar-refractivity contribution in [1.29, 1.82) is 0 Å². The first-order valence-corrected chi connectivity index (χ1v) is 7.87. The third-order valence-electron chi connectivity index (χ3n) is 3.98. The number of phenols is 1. The van der Waals surface area contributed by atoms with Crippen LogP contribution in [0, 0.1) is 0 Å². The maximum atomic E-state index is 10.3. The van der Waals surface area contributed by atoms with Crippen molar-refractivity contribution in [2.24, 2.45) is 0 Å². The van der Waals surface area contributed by atoms with Crippen molar-refractivity contribution in [2.75, 3.05) is 18.0 Å². The Kier molecular flexibility index (Phi) is 6.86. The second-order valence-corrected chi connectivity index (χ2v) is 5.46. The number of phenolic OH excluding ortho intramolecular Hbond substituents is 1. The Morgan fingerprint density at radius 2 is 1.90 bits per heavy atom. The Hall–Kier alpha value is -1.22. The highest BCUT2D eigenvalue weighted by atomic mass is 16.3. The lowest BCUT2D eigenvalue weighted by molar-refractivity contribution is 0.452. The second-order valence-electron chi connectivity index (χ2n) is 5.46. The minimum atomic E-state index is 0.183. The highest BCUT2D eigenvalue weighted by Crippen LogP contribution is 2.30. The molecule has 0 aromatic heterocycles. The molecule has 2 atom stereocenters. The summed E-state index contributed by atoms with van der Waals surface area (Å²) < 4.78 is 0. The molecule has 114 valence electrons. The van der Waals surface area contributed by atoms with Gasteiger partial charge >= 0.3 is 0 Å². The van der Waals surface area contributed by atoms with Gasteiger partial charge in [0.15, 0.2) is 0 Å². The number of hydrogen-bond donors (Lipinski definition) is 2. The van der Waals surface area contributed by atoms with Crippen LogP contribution in [0.3, 0.4) is 0 Å². The van der Waals surface area contributed by atoms with Crippen LogP contribution in [-0.4, -0.2) is 24.2 Å². The molecular formula is C17H30N2O. The second kappa shape index (κ2) is 8.15. The summed E-state index contributed by atoms with van der Waals surface area (Å²) >= 11 is 0. The molecule has 0 amide bonds. The van der Waals surface area contributed by atoms with E-state index in [0.717, 1.165) is 37.2 Å². The van der Waals surface area contributed by atoms with Crippen molar-refractivity contribution in [3.63, 3.8) is 0 Å². The van der Waals surface area contributed by atoms with E-state index in [1.807, 2.05) is 12.1 Å². The molecule has 0 spiro atoms. The van der Waals surface area contributed by atoms with Crippen LogP contribution in [0.5, 0.6) is 5.75 Å². The SMILES string of the molecule is CCCNC(C)c1ccc(N(CC)C(C)CC)cc1O. The largest absolute Gasteiger partial charge is 0.508 e. The van der Waals surface area contributed by atoms with Gasteiger partial charge in [-0.15, -0.1) is 0 Å². The van der Waals surface area contributed by atoms with Crippen molar-refractivity contribution in [3.8, 4) is 5.75 Å². The van der Waals surface area contributed by atoms with Crippen LogP contribution in [-0.2, 0) is 0 Å². The van der Waals surface area contributed by atoms with Gasteiger partial charge in [-0.05, 0) is 46.2 Å². The van der Waals surface area contributed by atoms with E-state index in [1.54, 1.807) is 0 Å². The first-order chi connectivity index (χ1) is 9.54.